The number of rotatable bonds is 4. The van der Waals surface area contributed by atoms with Gasteiger partial charge in [0.1, 0.15) is 12.1 Å². The SMILES string of the molecule is CC(Nc1ccc([N+](=O)[O-])cc1C#N)C(=O)N1CCCCC1. The summed E-state index contributed by atoms with van der Waals surface area (Å²) in [5.41, 5.74) is 0.454. The van der Waals surface area contributed by atoms with E-state index in [1.165, 1.54) is 18.2 Å². The van der Waals surface area contributed by atoms with Crippen molar-refractivity contribution < 1.29 is 9.72 Å². The van der Waals surface area contributed by atoms with E-state index in [9.17, 15) is 14.9 Å². The molecule has 1 atom stereocenters. The normalized spacial score (nSPS) is 15.7. The molecule has 0 bridgehead atoms. The minimum absolute atomic E-state index is 0.0121. The maximum absolute atomic E-state index is 12.3. The Morgan fingerprint density at radius 3 is 2.68 bits per heavy atom. The van der Waals surface area contributed by atoms with Crippen LogP contribution in [-0.2, 0) is 4.79 Å². The lowest BCUT2D eigenvalue weighted by atomic mass is 10.1. The Bertz CT molecular complexity index is 618. The third kappa shape index (κ3) is 3.52. The van der Waals surface area contributed by atoms with Gasteiger partial charge >= 0.3 is 0 Å². The van der Waals surface area contributed by atoms with Gasteiger partial charge in [0, 0.05) is 25.2 Å². The van der Waals surface area contributed by atoms with Gasteiger partial charge in [0.15, 0.2) is 0 Å². The van der Waals surface area contributed by atoms with Gasteiger partial charge < -0.3 is 10.2 Å². The fourth-order valence-electron chi connectivity index (χ4n) is 2.55. The summed E-state index contributed by atoms with van der Waals surface area (Å²) in [6.45, 7) is 3.26. The average Bonchev–Trinajstić information content (AvgIpc) is 2.55. The van der Waals surface area contributed by atoms with Gasteiger partial charge in [-0.3, -0.25) is 14.9 Å². The second-order valence-electron chi connectivity index (χ2n) is 5.35. The number of nitro groups is 1. The predicted octanol–water partition coefficient (Wildman–Crippen LogP) is 2.28. The summed E-state index contributed by atoms with van der Waals surface area (Å²) >= 11 is 0. The van der Waals surface area contributed by atoms with E-state index in [1.54, 1.807) is 6.92 Å². The van der Waals surface area contributed by atoms with E-state index in [1.807, 2.05) is 11.0 Å². The molecular weight excluding hydrogens is 284 g/mol. The zero-order valence-corrected chi connectivity index (χ0v) is 12.4. The van der Waals surface area contributed by atoms with E-state index in [0.717, 1.165) is 32.4 Å². The lowest BCUT2D eigenvalue weighted by molar-refractivity contribution is -0.384. The number of hydrogen-bond donors (Lipinski definition) is 1. The highest BCUT2D eigenvalue weighted by Gasteiger charge is 2.23. The number of amides is 1. The first-order valence-corrected chi connectivity index (χ1v) is 7.27. The fraction of sp³-hybridized carbons (Fsp3) is 0.467. The molecule has 0 aliphatic carbocycles. The van der Waals surface area contributed by atoms with Gasteiger partial charge in [0.25, 0.3) is 5.69 Å². The first kappa shape index (κ1) is 15.8. The van der Waals surface area contributed by atoms with Gasteiger partial charge in [0.05, 0.1) is 16.2 Å². The first-order chi connectivity index (χ1) is 10.5. The molecule has 1 aromatic rings. The maximum Gasteiger partial charge on any atom is 0.270 e. The van der Waals surface area contributed by atoms with Crippen molar-refractivity contribution in [3.63, 3.8) is 0 Å². The maximum atomic E-state index is 12.3. The fourth-order valence-corrected chi connectivity index (χ4v) is 2.55. The summed E-state index contributed by atoms with van der Waals surface area (Å²) in [7, 11) is 0. The number of anilines is 1. The second-order valence-corrected chi connectivity index (χ2v) is 5.35. The van der Waals surface area contributed by atoms with E-state index in [2.05, 4.69) is 5.32 Å². The zero-order chi connectivity index (χ0) is 16.1. The molecule has 1 amide bonds. The minimum Gasteiger partial charge on any atom is -0.373 e. The number of piperidine rings is 1. The molecule has 0 radical (unpaired) electrons. The molecule has 1 aliphatic heterocycles. The molecule has 7 nitrogen and oxygen atoms in total. The summed E-state index contributed by atoms with van der Waals surface area (Å²) in [4.78, 5) is 24.4. The number of nitrogens with one attached hydrogen (secondary N) is 1. The van der Waals surface area contributed by atoms with Crippen LogP contribution in [0.25, 0.3) is 0 Å². The van der Waals surface area contributed by atoms with Gasteiger partial charge in [-0.05, 0) is 32.3 Å². The molecule has 22 heavy (non-hydrogen) atoms. The van der Waals surface area contributed by atoms with Crippen LogP contribution in [0.15, 0.2) is 18.2 Å². The number of hydrogen-bond acceptors (Lipinski definition) is 5. The van der Waals surface area contributed by atoms with Crippen molar-refractivity contribution in [1.82, 2.24) is 4.90 Å². The van der Waals surface area contributed by atoms with Crippen LogP contribution in [-0.4, -0.2) is 34.9 Å². The lowest BCUT2D eigenvalue weighted by Crippen LogP contribution is -2.44. The predicted molar refractivity (Wildman–Crippen MR) is 81.3 cm³/mol. The number of benzene rings is 1. The molecule has 1 aliphatic rings. The van der Waals surface area contributed by atoms with Gasteiger partial charge in [0.2, 0.25) is 5.91 Å². The summed E-state index contributed by atoms with van der Waals surface area (Å²) < 4.78 is 0. The monoisotopic (exact) mass is 302 g/mol. The molecule has 1 heterocycles. The van der Waals surface area contributed by atoms with Crippen LogP contribution in [0.4, 0.5) is 11.4 Å². The van der Waals surface area contributed by atoms with Crippen molar-refractivity contribution in [2.24, 2.45) is 0 Å². The lowest BCUT2D eigenvalue weighted by Gasteiger charge is -2.29. The highest BCUT2D eigenvalue weighted by molar-refractivity contribution is 5.85. The van der Waals surface area contributed by atoms with Crippen molar-refractivity contribution in [3.8, 4) is 6.07 Å². The van der Waals surface area contributed by atoms with Crippen molar-refractivity contribution >= 4 is 17.3 Å². The number of carbonyl (C=O) groups is 1. The van der Waals surface area contributed by atoms with E-state index >= 15 is 0 Å². The molecule has 7 heteroatoms. The Balaban J connectivity index is 2.10. The Morgan fingerprint density at radius 2 is 2.09 bits per heavy atom. The average molecular weight is 302 g/mol. The van der Waals surface area contributed by atoms with Crippen LogP contribution in [0.1, 0.15) is 31.7 Å². The standard InChI is InChI=1S/C15H18N4O3/c1-11(15(20)18-7-3-2-4-8-18)17-14-6-5-13(19(21)22)9-12(14)10-16/h5-6,9,11,17H,2-4,7-8H2,1H3. The van der Waals surface area contributed by atoms with Gasteiger partial charge in [-0.2, -0.15) is 5.26 Å². The molecular formula is C15H18N4O3. The number of nitro benzene ring substituents is 1. The molecule has 1 fully saturated rings. The quantitative estimate of drug-likeness (QED) is 0.679. The summed E-state index contributed by atoms with van der Waals surface area (Å²) in [6, 6.07) is 5.44. The first-order valence-electron chi connectivity index (χ1n) is 7.27. The van der Waals surface area contributed by atoms with E-state index < -0.39 is 11.0 Å². The number of likely N-dealkylation sites (tertiary alicyclic amines) is 1. The van der Waals surface area contributed by atoms with Gasteiger partial charge in [-0.15, -0.1) is 0 Å². The van der Waals surface area contributed by atoms with Crippen molar-refractivity contribution in [2.75, 3.05) is 18.4 Å². The molecule has 1 aromatic carbocycles. The van der Waals surface area contributed by atoms with Crippen LogP contribution >= 0.6 is 0 Å². The van der Waals surface area contributed by atoms with Crippen LogP contribution < -0.4 is 5.32 Å². The molecule has 1 unspecified atom stereocenters. The summed E-state index contributed by atoms with van der Waals surface area (Å²) in [5.74, 6) is -0.0121. The second kappa shape index (κ2) is 6.89. The largest absolute Gasteiger partial charge is 0.373 e. The highest BCUT2D eigenvalue weighted by atomic mass is 16.6. The molecule has 1 saturated heterocycles. The number of non-ortho nitro benzene ring substituents is 1. The number of carbonyl (C=O) groups excluding carboxylic acids is 1. The van der Waals surface area contributed by atoms with Gasteiger partial charge in [-0.1, -0.05) is 0 Å². The summed E-state index contributed by atoms with van der Waals surface area (Å²) in [5, 5.41) is 22.8. The smallest absolute Gasteiger partial charge is 0.270 e. The van der Waals surface area contributed by atoms with Crippen molar-refractivity contribution in [2.45, 2.75) is 32.2 Å². The number of nitrogens with zero attached hydrogens (tertiary/aromatic N) is 3. The third-order valence-corrected chi connectivity index (χ3v) is 3.74. The van der Waals surface area contributed by atoms with Crippen LogP contribution in [0.3, 0.4) is 0 Å². The Hall–Kier alpha value is -2.62. The van der Waals surface area contributed by atoms with Crippen LogP contribution in [0, 0.1) is 21.4 Å². The Kier molecular flexibility index (Phi) is 4.94. The molecule has 0 saturated carbocycles. The topological polar surface area (TPSA) is 99.3 Å². The molecule has 1 N–H and O–H groups in total. The molecule has 0 aromatic heterocycles. The van der Waals surface area contributed by atoms with Crippen molar-refractivity contribution in [3.05, 3.63) is 33.9 Å². The summed E-state index contributed by atoms with van der Waals surface area (Å²) in [6.07, 6.45) is 3.17. The molecule has 2 rings (SSSR count). The van der Waals surface area contributed by atoms with E-state index in [4.69, 9.17) is 5.26 Å². The molecule has 116 valence electrons. The van der Waals surface area contributed by atoms with E-state index in [-0.39, 0.29) is 17.2 Å². The Morgan fingerprint density at radius 1 is 1.41 bits per heavy atom. The minimum atomic E-state index is -0.549. The Labute approximate surface area is 128 Å². The number of nitriles is 1. The van der Waals surface area contributed by atoms with Crippen molar-refractivity contribution in [1.29, 1.82) is 5.26 Å². The zero-order valence-electron chi connectivity index (χ0n) is 12.4. The van der Waals surface area contributed by atoms with Crippen LogP contribution in [0.2, 0.25) is 0 Å². The molecule has 0 spiro atoms. The van der Waals surface area contributed by atoms with E-state index in [0.29, 0.717) is 5.69 Å². The van der Waals surface area contributed by atoms with Gasteiger partial charge in [-0.25, -0.2) is 0 Å². The van der Waals surface area contributed by atoms with Crippen LogP contribution in [0.5, 0.6) is 0 Å². The third-order valence-electron chi connectivity index (χ3n) is 3.74. The highest BCUT2D eigenvalue weighted by Crippen LogP contribution is 2.22.